The SMILES string of the molecule is CN(C[C@]1(O)CCN(c2ccnc3cccnc23)C1)C(=O)CCC(=O)O. The normalized spacial score (nSPS) is 19.7. The molecule has 0 aromatic carbocycles. The molecule has 2 aromatic heterocycles. The molecule has 1 fully saturated rings. The fraction of sp³-hybridized carbons (Fsp3) is 0.444. The van der Waals surface area contributed by atoms with Gasteiger partial charge in [0.2, 0.25) is 5.91 Å². The van der Waals surface area contributed by atoms with E-state index in [1.54, 1.807) is 19.4 Å². The fourth-order valence-corrected chi connectivity index (χ4v) is 3.35. The number of hydrogen-bond acceptors (Lipinski definition) is 6. The number of aromatic nitrogens is 2. The Hall–Kier alpha value is -2.74. The van der Waals surface area contributed by atoms with Gasteiger partial charge >= 0.3 is 5.97 Å². The maximum absolute atomic E-state index is 12.0. The predicted octanol–water partition coefficient (Wildman–Crippen LogP) is 0.894. The number of β-amino-alcohol motifs (C(OH)–C–C–N with tert-alkyl or cyclic N) is 1. The van der Waals surface area contributed by atoms with Crippen molar-refractivity contribution < 1.29 is 19.8 Å². The Labute approximate surface area is 151 Å². The van der Waals surface area contributed by atoms with Gasteiger partial charge in [0.15, 0.2) is 0 Å². The van der Waals surface area contributed by atoms with Crippen molar-refractivity contribution in [1.29, 1.82) is 0 Å². The maximum Gasteiger partial charge on any atom is 0.303 e. The Kier molecular flexibility index (Phi) is 5.03. The number of carbonyl (C=O) groups excluding carboxylic acids is 1. The average molecular weight is 358 g/mol. The van der Waals surface area contributed by atoms with E-state index in [0.29, 0.717) is 19.5 Å². The molecule has 1 atom stereocenters. The number of carboxylic acids is 1. The second kappa shape index (κ2) is 7.25. The van der Waals surface area contributed by atoms with Gasteiger partial charge in [-0.15, -0.1) is 0 Å². The molecular weight excluding hydrogens is 336 g/mol. The molecule has 3 rings (SSSR count). The number of rotatable bonds is 6. The number of carbonyl (C=O) groups is 2. The standard InChI is InChI=1S/C18H22N4O4/c1-21(15(23)4-5-16(24)25)11-18(26)7-10-22(12-18)14-6-9-19-13-3-2-8-20-17(13)14/h2-3,6,8-9,26H,4-5,7,10-12H2,1H3,(H,24,25)/t18-/m1/s1. The number of carboxylic acid groups (broad SMARTS) is 1. The molecule has 2 aromatic rings. The van der Waals surface area contributed by atoms with E-state index in [0.717, 1.165) is 16.7 Å². The van der Waals surface area contributed by atoms with Crippen molar-refractivity contribution in [2.75, 3.05) is 31.6 Å². The summed E-state index contributed by atoms with van der Waals surface area (Å²) >= 11 is 0. The van der Waals surface area contributed by atoms with E-state index in [4.69, 9.17) is 5.11 Å². The molecule has 2 N–H and O–H groups in total. The van der Waals surface area contributed by atoms with Crippen LogP contribution in [0.1, 0.15) is 19.3 Å². The summed E-state index contributed by atoms with van der Waals surface area (Å²) in [6, 6.07) is 5.60. The third-order valence-corrected chi connectivity index (χ3v) is 4.66. The van der Waals surface area contributed by atoms with E-state index >= 15 is 0 Å². The first kappa shape index (κ1) is 18.1. The van der Waals surface area contributed by atoms with Gasteiger partial charge in [-0.05, 0) is 24.6 Å². The third-order valence-electron chi connectivity index (χ3n) is 4.66. The molecule has 3 heterocycles. The lowest BCUT2D eigenvalue weighted by molar-refractivity contribution is -0.141. The Morgan fingerprint density at radius 3 is 2.85 bits per heavy atom. The van der Waals surface area contributed by atoms with Crippen LogP contribution in [0.4, 0.5) is 5.69 Å². The lowest BCUT2D eigenvalue weighted by Gasteiger charge is -2.29. The zero-order chi connectivity index (χ0) is 18.7. The predicted molar refractivity (Wildman–Crippen MR) is 95.8 cm³/mol. The minimum absolute atomic E-state index is 0.0649. The third kappa shape index (κ3) is 3.91. The van der Waals surface area contributed by atoms with Gasteiger partial charge in [0.25, 0.3) is 0 Å². The Morgan fingerprint density at radius 2 is 2.08 bits per heavy atom. The van der Waals surface area contributed by atoms with E-state index in [1.165, 1.54) is 4.90 Å². The Bertz CT molecular complexity index is 822. The van der Waals surface area contributed by atoms with Crippen molar-refractivity contribution in [1.82, 2.24) is 14.9 Å². The van der Waals surface area contributed by atoms with Gasteiger partial charge in [0.1, 0.15) is 11.1 Å². The van der Waals surface area contributed by atoms with Crippen LogP contribution >= 0.6 is 0 Å². The summed E-state index contributed by atoms with van der Waals surface area (Å²) in [4.78, 5) is 34.8. The highest BCUT2D eigenvalue weighted by atomic mass is 16.4. The zero-order valence-electron chi connectivity index (χ0n) is 14.6. The topological polar surface area (TPSA) is 107 Å². The number of fused-ring (bicyclic) bond motifs is 1. The molecule has 0 saturated carbocycles. The van der Waals surface area contributed by atoms with E-state index in [2.05, 4.69) is 9.97 Å². The number of hydrogen-bond donors (Lipinski definition) is 2. The van der Waals surface area contributed by atoms with Crippen LogP contribution in [0, 0.1) is 0 Å². The highest BCUT2D eigenvalue weighted by Crippen LogP contribution is 2.31. The first-order chi connectivity index (χ1) is 12.4. The smallest absolute Gasteiger partial charge is 0.303 e. The van der Waals surface area contributed by atoms with Crippen LogP contribution in [0.3, 0.4) is 0 Å². The first-order valence-electron chi connectivity index (χ1n) is 8.51. The van der Waals surface area contributed by atoms with E-state index in [9.17, 15) is 14.7 Å². The summed E-state index contributed by atoms with van der Waals surface area (Å²) in [5.74, 6) is -1.29. The molecule has 1 aliphatic rings. The van der Waals surface area contributed by atoms with Crippen molar-refractivity contribution in [3.63, 3.8) is 0 Å². The van der Waals surface area contributed by atoms with Crippen LogP contribution in [0.15, 0.2) is 30.6 Å². The summed E-state index contributed by atoms with van der Waals surface area (Å²) in [5.41, 5.74) is 1.44. The molecule has 0 unspecified atom stereocenters. The number of nitrogens with zero attached hydrogens (tertiary/aromatic N) is 4. The van der Waals surface area contributed by atoms with Crippen molar-refractivity contribution in [3.8, 4) is 0 Å². The summed E-state index contributed by atoms with van der Waals surface area (Å²) < 4.78 is 0. The number of pyridine rings is 2. The average Bonchev–Trinajstić information content (AvgIpc) is 3.00. The summed E-state index contributed by atoms with van der Waals surface area (Å²) in [6.07, 6.45) is 3.68. The lowest BCUT2D eigenvalue weighted by Crippen LogP contribution is -2.45. The van der Waals surface area contributed by atoms with Crippen molar-refractivity contribution in [2.24, 2.45) is 0 Å². The molecule has 0 radical (unpaired) electrons. The number of likely N-dealkylation sites (N-methyl/N-ethyl adjacent to an activating group) is 1. The molecule has 1 aliphatic heterocycles. The molecule has 138 valence electrons. The van der Waals surface area contributed by atoms with Crippen LogP contribution in [0.25, 0.3) is 11.0 Å². The van der Waals surface area contributed by atoms with E-state index < -0.39 is 11.6 Å². The van der Waals surface area contributed by atoms with Crippen LogP contribution in [0.5, 0.6) is 0 Å². The van der Waals surface area contributed by atoms with Crippen LogP contribution < -0.4 is 4.90 Å². The Morgan fingerprint density at radius 1 is 1.27 bits per heavy atom. The number of aliphatic hydroxyl groups is 1. The van der Waals surface area contributed by atoms with Gasteiger partial charge in [0.05, 0.1) is 24.2 Å². The van der Waals surface area contributed by atoms with Crippen LogP contribution in [0.2, 0.25) is 0 Å². The molecule has 1 amide bonds. The summed E-state index contributed by atoms with van der Waals surface area (Å²) in [7, 11) is 1.59. The molecule has 0 bridgehead atoms. The van der Waals surface area contributed by atoms with Gasteiger partial charge in [-0.25, -0.2) is 0 Å². The molecule has 8 nitrogen and oxygen atoms in total. The highest BCUT2D eigenvalue weighted by Gasteiger charge is 2.38. The minimum Gasteiger partial charge on any atom is -0.481 e. The molecule has 0 aliphatic carbocycles. The second-order valence-corrected chi connectivity index (χ2v) is 6.74. The quantitative estimate of drug-likeness (QED) is 0.790. The van der Waals surface area contributed by atoms with E-state index in [1.807, 2.05) is 23.1 Å². The highest BCUT2D eigenvalue weighted by molar-refractivity contribution is 5.87. The van der Waals surface area contributed by atoms with Crippen LogP contribution in [-0.2, 0) is 9.59 Å². The molecule has 0 spiro atoms. The van der Waals surface area contributed by atoms with Gasteiger partial charge in [-0.2, -0.15) is 0 Å². The summed E-state index contributed by atoms with van der Waals surface area (Å²) in [5, 5.41) is 19.6. The molecule has 1 saturated heterocycles. The zero-order valence-corrected chi connectivity index (χ0v) is 14.6. The second-order valence-electron chi connectivity index (χ2n) is 6.74. The number of aliphatic carboxylic acids is 1. The first-order valence-corrected chi connectivity index (χ1v) is 8.51. The van der Waals surface area contributed by atoms with Gasteiger partial charge in [0, 0.05) is 39.0 Å². The molecular formula is C18H22N4O4. The fourth-order valence-electron chi connectivity index (χ4n) is 3.35. The van der Waals surface area contributed by atoms with Gasteiger partial charge in [-0.1, -0.05) is 0 Å². The Balaban J connectivity index is 1.68. The van der Waals surface area contributed by atoms with Crippen molar-refractivity contribution in [2.45, 2.75) is 24.9 Å². The monoisotopic (exact) mass is 358 g/mol. The van der Waals surface area contributed by atoms with Crippen LogP contribution in [-0.4, -0.2) is 69.2 Å². The van der Waals surface area contributed by atoms with Crippen molar-refractivity contribution >= 4 is 28.6 Å². The minimum atomic E-state index is -1.04. The lowest BCUT2D eigenvalue weighted by atomic mass is 10.0. The molecule has 26 heavy (non-hydrogen) atoms. The van der Waals surface area contributed by atoms with Gasteiger partial charge in [-0.3, -0.25) is 19.6 Å². The van der Waals surface area contributed by atoms with Crippen molar-refractivity contribution in [3.05, 3.63) is 30.6 Å². The number of amides is 1. The number of anilines is 1. The largest absolute Gasteiger partial charge is 0.481 e. The summed E-state index contributed by atoms with van der Waals surface area (Å²) in [6.45, 7) is 1.18. The molecule has 8 heteroatoms. The van der Waals surface area contributed by atoms with Gasteiger partial charge < -0.3 is 20.0 Å². The van der Waals surface area contributed by atoms with E-state index in [-0.39, 0.29) is 25.3 Å². The maximum atomic E-state index is 12.0.